The van der Waals surface area contributed by atoms with Crippen LogP contribution in [0, 0.1) is 0 Å². The summed E-state index contributed by atoms with van der Waals surface area (Å²) in [5.41, 5.74) is 3.11. The molecular formula is C22H27ClN4O. The predicted molar refractivity (Wildman–Crippen MR) is 115 cm³/mol. The van der Waals surface area contributed by atoms with E-state index in [-0.39, 0.29) is 5.91 Å². The molecule has 0 heterocycles. The highest BCUT2D eigenvalue weighted by Gasteiger charge is 2.39. The fourth-order valence-electron chi connectivity index (χ4n) is 3.27. The van der Waals surface area contributed by atoms with Crippen molar-refractivity contribution in [3.8, 4) is 0 Å². The molecule has 2 aromatic rings. The van der Waals surface area contributed by atoms with Crippen molar-refractivity contribution < 1.29 is 4.79 Å². The van der Waals surface area contributed by atoms with Crippen molar-refractivity contribution in [2.24, 2.45) is 4.99 Å². The van der Waals surface area contributed by atoms with E-state index in [1.165, 1.54) is 5.56 Å². The van der Waals surface area contributed by atoms with Gasteiger partial charge in [0.2, 0.25) is 0 Å². The molecule has 3 rings (SSSR count). The molecule has 1 aliphatic carbocycles. The SMILES string of the molecule is CN=C(NCCc1cccc(C(=O)N(C)C)c1)NC1CC1c1cccc(Cl)c1. The van der Waals surface area contributed by atoms with E-state index in [4.69, 9.17) is 11.6 Å². The number of carbonyl (C=O) groups excluding carboxylic acids is 1. The van der Waals surface area contributed by atoms with Crippen molar-refractivity contribution in [2.75, 3.05) is 27.7 Å². The number of nitrogens with one attached hydrogen (secondary N) is 2. The smallest absolute Gasteiger partial charge is 0.253 e. The largest absolute Gasteiger partial charge is 0.356 e. The molecule has 5 nitrogen and oxygen atoms in total. The molecule has 1 amide bonds. The van der Waals surface area contributed by atoms with Gasteiger partial charge in [-0.05, 0) is 48.2 Å². The van der Waals surface area contributed by atoms with E-state index in [0.717, 1.165) is 35.9 Å². The number of aliphatic imine (C=N–C) groups is 1. The van der Waals surface area contributed by atoms with Crippen LogP contribution in [0.1, 0.15) is 33.8 Å². The molecule has 148 valence electrons. The van der Waals surface area contributed by atoms with Gasteiger partial charge in [-0.1, -0.05) is 35.9 Å². The molecule has 0 aliphatic heterocycles. The van der Waals surface area contributed by atoms with Crippen LogP contribution < -0.4 is 10.6 Å². The summed E-state index contributed by atoms with van der Waals surface area (Å²) in [6.45, 7) is 0.744. The second-order valence-electron chi connectivity index (χ2n) is 7.30. The van der Waals surface area contributed by atoms with Crippen LogP contribution >= 0.6 is 11.6 Å². The van der Waals surface area contributed by atoms with Gasteiger partial charge >= 0.3 is 0 Å². The maximum absolute atomic E-state index is 12.1. The van der Waals surface area contributed by atoms with Crippen molar-refractivity contribution in [3.63, 3.8) is 0 Å². The van der Waals surface area contributed by atoms with Gasteiger partial charge in [0, 0.05) is 50.2 Å². The molecule has 0 bridgehead atoms. The number of amides is 1. The number of halogens is 1. The number of guanidine groups is 1. The van der Waals surface area contributed by atoms with E-state index in [1.807, 2.05) is 42.5 Å². The van der Waals surface area contributed by atoms with Gasteiger partial charge in [0.15, 0.2) is 5.96 Å². The highest BCUT2D eigenvalue weighted by molar-refractivity contribution is 6.30. The van der Waals surface area contributed by atoms with E-state index >= 15 is 0 Å². The van der Waals surface area contributed by atoms with Crippen LogP contribution in [0.5, 0.6) is 0 Å². The Hall–Kier alpha value is -2.53. The normalized spacial score (nSPS) is 18.5. The van der Waals surface area contributed by atoms with Crippen LogP contribution in [0.15, 0.2) is 53.5 Å². The molecule has 1 aliphatic rings. The summed E-state index contributed by atoms with van der Waals surface area (Å²) in [6, 6.07) is 16.2. The number of nitrogens with zero attached hydrogens (tertiary/aromatic N) is 2. The molecule has 0 spiro atoms. The fourth-order valence-corrected chi connectivity index (χ4v) is 3.47. The summed E-state index contributed by atoms with van der Waals surface area (Å²) >= 11 is 6.09. The minimum Gasteiger partial charge on any atom is -0.356 e. The highest BCUT2D eigenvalue weighted by Crippen LogP contribution is 2.41. The lowest BCUT2D eigenvalue weighted by Gasteiger charge is -2.13. The lowest BCUT2D eigenvalue weighted by atomic mass is 10.1. The summed E-state index contributed by atoms with van der Waals surface area (Å²) in [5.74, 6) is 1.30. The number of hydrogen-bond acceptors (Lipinski definition) is 2. The van der Waals surface area contributed by atoms with Crippen LogP contribution in [-0.4, -0.2) is 50.5 Å². The van der Waals surface area contributed by atoms with Crippen molar-refractivity contribution in [2.45, 2.75) is 24.8 Å². The van der Waals surface area contributed by atoms with Gasteiger partial charge in [-0.25, -0.2) is 0 Å². The van der Waals surface area contributed by atoms with Crippen LogP contribution in [0.25, 0.3) is 0 Å². The Morgan fingerprint density at radius 1 is 1.21 bits per heavy atom. The summed E-state index contributed by atoms with van der Waals surface area (Å²) in [7, 11) is 5.31. The van der Waals surface area contributed by atoms with E-state index in [9.17, 15) is 4.79 Å². The fraction of sp³-hybridized carbons (Fsp3) is 0.364. The average Bonchev–Trinajstić information content (AvgIpc) is 3.46. The second kappa shape index (κ2) is 9.11. The van der Waals surface area contributed by atoms with Gasteiger partial charge in [0.05, 0.1) is 0 Å². The van der Waals surface area contributed by atoms with Crippen molar-refractivity contribution in [1.29, 1.82) is 0 Å². The van der Waals surface area contributed by atoms with E-state index in [2.05, 4.69) is 21.7 Å². The lowest BCUT2D eigenvalue weighted by molar-refractivity contribution is 0.0827. The number of carbonyl (C=O) groups is 1. The molecule has 0 saturated heterocycles. The van der Waals surface area contributed by atoms with E-state index in [0.29, 0.717) is 17.5 Å². The van der Waals surface area contributed by atoms with E-state index < -0.39 is 0 Å². The molecular weight excluding hydrogens is 372 g/mol. The molecule has 2 unspecified atom stereocenters. The third-order valence-corrected chi connectivity index (χ3v) is 5.13. The Bertz CT molecular complexity index is 865. The zero-order chi connectivity index (χ0) is 20.1. The van der Waals surface area contributed by atoms with Crippen LogP contribution in [0.2, 0.25) is 5.02 Å². The zero-order valence-corrected chi connectivity index (χ0v) is 17.3. The second-order valence-corrected chi connectivity index (χ2v) is 7.73. The first-order valence-electron chi connectivity index (χ1n) is 9.51. The molecule has 6 heteroatoms. The monoisotopic (exact) mass is 398 g/mol. The molecule has 1 saturated carbocycles. The van der Waals surface area contributed by atoms with Crippen molar-refractivity contribution >= 4 is 23.5 Å². The first-order chi connectivity index (χ1) is 13.5. The first-order valence-corrected chi connectivity index (χ1v) is 9.89. The van der Waals surface area contributed by atoms with Crippen LogP contribution in [0.3, 0.4) is 0 Å². The summed E-state index contributed by atoms with van der Waals surface area (Å²) in [6.07, 6.45) is 1.90. The Balaban J connectivity index is 1.48. The maximum atomic E-state index is 12.1. The highest BCUT2D eigenvalue weighted by atomic mass is 35.5. The molecule has 0 aromatic heterocycles. The Morgan fingerprint density at radius 3 is 2.71 bits per heavy atom. The molecule has 28 heavy (non-hydrogen) atoms. The van der Waals surface area contributed by atoms with E-state index in [1.54, 1.807) is 26.0 Å². The quantitative estimate of drug-likeness (QED) is 0.579. The molecule has 1 fully saturated rings. The lowest BCUT2D eigenvalue weighted by Crippen LogP contribution is -2.39. The minimum atomic E-state index is 0.0214. The summed E-state index contributed by atoms with van der Waals surface area (Å²) < 4.78 is 0. The van der Waals surface area contributed by atoms with Crippen molar-refractivity contribution in [3.05, 3.63) is 70.2 Å². The standard InChI is InChI=1S/C22H27ClN4O/c1-24-22(26-20-14-19(20)16-7-5-9-18(23)13-16)25-11-10-15-6-4-8-17(12-15)21(28)27(2)3/h4-9,12-13,19-20H,10-11,14H2,1-3H3,(H2,24,25,26). The average molecular weight is 399 g/mol. The van der Waals surface area contributed by atoms with Gasteiger partial charge in [0.1, 0.15) is 0 Å². The molecule has 0 radical (unpaired) electrons. The Kier molecular flexibility index (Phi) is 6.57. The molecule has 2 N–H and O–H groups in total. The summed E-state index contributed by atoms with van der Waals surface area (Å²) in [5, 5.41) is 7.61. The third kappa shape index (κ3) is 5.26. The minimum absolute atomic E-state index is 0.0214. The van der Waals surface area contributed by atoms with Gasteiger partial charge in [-0.2, -0.15) is 0 Å². The topological polar surface area (TPSA) is 56.7 Å². The van der Waals surface area contributed by atoms with Gasteiger partial charge in [0.25, 0.3) is 5.91 Å². The third-order valence-electron chi connectivity index (χ3n) is 4.90. The Labute approximate surface area is 171 Å². The van der Waals surface area contributed by atoms with Gasteiger partial charge in [-0.15, -0.1) is 0 Å². The number of hydrogen-bond donors (Lipinski definition) is 2. The van der Waals surface area contributed by atoms with Crippen LogP contribution in [0.4, 0.5) is 0 Å². The molecule has 2 atom stereocenters. The Morgan fingerprint density at radius 2 is 2.00 bits per heavy atom. The first kappa shape index (κ1) is 20.2. The van der Waals surface area contributed by atoms with Crippen molar-refractivity contribution in [1.82, 2.24) is 15.5 Å². The van der Waals surface area contributed by atoms with Crippen LogP contribution in [-0.2, 0) is 6.42 Å². The predicted octanol–water partition coefficient (Wildman–Crippen LogP) is 3.31. The zero-order valence-electron chi connectivity index (χ0n) is 16.6. The maximum Gasteiger partial charge on any atom is 0.253 e. The van der Waals surface area contributed by atoms with Gasteiger partial charge < -0.3 is 15.5 Å². The summed E-state index contributed by atoms with van der Waals surface area (Å²) in [4.78, 5) is 18.0. The van der Waals surface area contributed by atoms with Gasteiger partial charge in [-0.3, -0.25) is 9.79 Å². The molecule has 2 aromatic carbocycles. The number of benzene rings is 2. The number of rotatable bonds is 6.